The molecule has 0 radical (unpaired) electrons. The van der Waals surface area contributed by atoms with Crippen LogP contribution in [-0.2, 0) is 21.2 Å². The van der Waals surface area contributed by atoms with Crippen LogP contribution in [-0.4, -0.2) is 38.5 Å². The summed E-state index contributed by atoms with van der Waals surface area (Å²) in [7, 11) is -2.44. The minimum Gasteiger partial charge on any atom is -0.497 e. The number of nitrogens with zero attached hydrogens (tertiary/aromatic N) is 1. The SMILES string of the molecule is COc1ccc2ccc(S(=O)(=O)N[C@@]3(Cc4ccc5ccc(N)nc5c4)CCNC3=O)cc2c1. The highest BCUT2D eigenvalue weighted by molar-refractivity contribution is 7.89. The highest BCUT2D eigenvalue weighted by Crippen LogP contribution is 2.28. The minimum absolute atomic E-state index is 0.0836. The quantitative estimate of drug-likeness (QED) is 0.393. The van der Waals surface area contributed by atoms with Crippen molar-refractivity contribution in [3.8, 4) is 5.75 Å². The van der Waals surface area contributed by atoms with Gasteiger partial charge in [0.1, 0.15) is 17.1 Å². The molecule has 1 aliphatic rings. The van der Waals surface area contributed by atoms with Gasteiger partial charge in [-0.1, -0.05) is 24.3 Å². The second-order valence-corrected chi connectivity index (χ2v) is 10.2. The van der Waals surface area contributed by atoms with Crippen LogP contribution in [0.15, 0.2) is 71.6 Å². The number of hydrogen-bond acceptors (Lipinski definition) is 6. The van der Waals surface area contributed by atoms with E-state index in [9.17, 15) is 13.2 Å². The molecule has 1 amide bonds. The number of carbonyl (C=O) groups is 1. The second kappa shape index (κ2) is 8.27. The number of fused-ring (bicyclic) bond motifs is 2. The van der Waals surface area contributed by atoms with Crippen molar-refractivity contribution in [2.75, 3.05) is 19.4 Å². The molecule has 0 aliphatic carbocycles. The number of sulfonamides is 1. The molecule has 3 aromatic carbocycles. The Hall–Kier alpha value is -3.69. The number of pyridine rings is 1. The fourth-order valence-corrected chi connectivity index (χ4v) is 5.85. The second-order valence-electron chi connectivity index (χ2n) is 8.51. The zero-order valence-corrected chi connectivity index (χ0v) is 19.4. The van der Waals surface area contributed by atoms with Gasteiger partial charge in [0, 0.05) is 18.4 Å². The first-order valence-corrected chi connectivity index (χ1v) is 12.3. The molecule has 0 bridgehead atoms. The molecule has 0 saturated carbocycles. The van der Waals surface area contributed by atoms with E-state index in [-0.39, 0.29) is 17.2 Å². The van der Waals surface area contributed by atoms with Crippen LogP contribution in [0.3, 0.4) is 0 Å². The van der Waals surface area contributed by atoms with Crippen LogP contribution >= 0.6 is 0 Å². The average Bonchev–Trinajstić information content (AvgIpc) is 3.16. The third-order valence-electron chi connectivity index (χ3n) is 6.21. The number of hydrogen-bond donors (Lipinski definition) is 3. The van der Waals surface area contributed by atoms with Crippen LogP contribution < -0.4 is 20.5 Å². The van der Waals surface area contributed by atoms with Crippen LogP contribution in [0.4, 0.5) is 5.82 Å². The maximum Gasteiger partial charge on any atom is 0.241 e. The number of aromatic nitrogens is 1. The van der Waals surface area contributed by atoms with E-state index in [0.29, 0.717) is 30.0 Å². The Morgan fingerprint density at radius 2 is 1.79 bits per heavy atom. The summed E-state index contributed by atoms with van der Waals surface area (Å²) >= 11 is 0. The molecule has 1 atom stereocenters. The van der Waals surface area contributed by atoms with Gasteiger partial charge in [-0.3, -0.25) is 4.79 Å². The van der Waals surface area contributed by atoms with Gasteiger partial charge in [-0.25, -0.2) is 13.4 Å². The Balaban J connectivity index is 1.50. The summed E-state index contributed by atoms with van der Waals surface area (Å²) in [6.45, 7) is 0.384. The van der Waals surface area contributed by atoms with Crippen molar-refractivity contribution in [3.63, 3.8) is 0 Å². The topological polar surface area (TPSA) is 123 Å². The number of ether oxygens (including phenoxy) is 1. The maximum absolute atomic E-state index is 13.4. The van der Waals surface area contributed by atoms with Crippen molar-refractivity contribution in [2.24, 2.45) is 0 Å². The predicted octanol–water partition coefficient (Wildman–Crippen LogP) is 2.76. The number of nitrogens with one attached hydrogen (secondary N) is 2. The van der Waals surface area contributed by atoms with Gasteiger partial charge in [0.05, 0.1) is 17.5 Å². The standard InChI is InChI=1S/C25H24N4O4S/c1-33-20-7-4-17-5-8-21(14-19(17)13-20)34(31,32)29-25(10-11-27-24(25)30)15-16-2-3-18-6-9-23(26)28-22(18)12-16/h2-9,12-14,29H,10-11,15H2,1H3,(H2,26,28)(H,27,30)/t25-/m1/s1. The third kappa shape index (κ3) is 4.04. The lowest BCUT2D eigenvalue weighted by molar-refractivity contribution is -0.124. The van der Waals surface area contributed by atoms with Gasteiger partial charge >= 0.3 is 0 Å². The molecule has 1 aromatic heterocycles. The minimum atomic E-state index is -4.00. The van der Waals surface area contributed by atoms with Crippen molar-refractivity contribution in [2.45, 2.75) is 23.3 Å². The molecular weight excluding hydrogens is 452 g/mol. The summed E-state index contributed by atoms with van der Waals surface area (Å²) in [5, 5.41) is 5.30. The Bertz CT molecular complexity index is 1540. The summed E-state index contributed by atoms with van der Waals surface area (Å²) in [4.78, 5) is 17.4. The summed E-state index contributed by atoms with van der Waals surface area (Å²) in [6, 6.07) is 19.5. The zero-order chi connectivity index (χ0) is 23.9. The van der Waals surface area contributed by atoms with Gasteiger partial charge in [-0.15, -0.1) is 0 Å². The van der Waals surface area contributed by atoms with E-state index >= 15 is 0 Å². The van der Waals surface area contributed by atoms with Crippen molar-refractivity contribution in [3.05, 3.63) is 72.3 Å². The monoisotopic (exact) mass is 476 g/mol. The number of nitrogen functional groups attached to an aromatic ring is 1. The fraction of sp³-hybridized carbons (Fsp3) is 0.200. The first kappa shape index (κ1) is 22.1. The molecular formula is C25H24N4O4S. The first-order chi connectivity index (χ1) is 16.3. The van der Waals surface area contributed by atoms with E-state index in [1.165, 1.54) is 0 Å². The zero-order valence-electron chi connectivity index (χ0n) is 18.5. The van der Waals surface area contributed by atoms with Crippen LogP contribution in [0.2, 0.25) is 0 Å². The Kier molecular flexibility index (Phi) is 5.38. The summed E-state index contributed by atoms with van der Waals surface area (Å²) in [6.07, 6.45) is 0.515. The van der Waals surface area contributed by atoms with Crippen molar-refractivity contribution in [1.82, 2.24) is 15.0 Å². The summed E-state index contributed by atoms with van der Waals surface area (Å²) in [5.74, 6) is 0.679. The molecule has 8 nitrogen and oxygen atoms in total. The number of nitrogens with two attached hydrogens (primary N) is 1. The number of benzene rings is 3. The maximum atomic E-state index is 13.4. The van der Waals surface area contributed by atoms with Gasteiger partial charge < -0.3 is 15.8 Å². The molecule has 1 saturated heterocycles. The van der Waals surface area contributed by atoms with Crippen LogP contribution in [0.5, 0.6) is 5.75 Å². The lowest BCUT2D eigenvalue weighted by Gasteiger charge is -2.27. The highest BCUT2D eigenvalue weighted by atomic mass is 32.2. The molecule has 174 valence electrons. The molecule has 0 spiro atoms. The van der Waals surface area contributed by atoms with Crippen LogP contribution in [0, 0.1) is 0 Å². The number of amides is 1. The van der Waals surface area contributed by atoms with Gasteiger partial charge in [0.25, 0.3) is 0 Å². The Morgan fingerprint density at radius 3 is 2.56 bits per heavy atom. The highest BCUT2D eigenvalue weighted by Gasteiger charge is 2.45. The van der Waals surface area contributed by atoms with Crippen LogP contribution in [0.1, 0.15) is 12.0 Å². The normalized spacial score (nSPS) is 18.3. The molecule has 1 aliphatic heterocycles. The van der Waals surface area contributed by atoms with E-state index in [2.05, 4.69) is 15.0 Å². The molecule has 0 unspecified atom stereocenters. The molecule has 34 heavy (non-hydrogen) atoms. The van der Waals surface area contributed by atoms with Crippen molar-refractivity contribution < 1.29 is 17.9 Å². The number of rotatable bonds is 6. The van der Waals surface area contributed by atoms with E-state index < -0.39 is 15.6 Å². The van der Waals surface area contributed by atoms with Gasteiger partial charge in [-0.05, 0) is 65.2 Å². The fourth-order valence-electron chi connectivity index (χ4n) is 4.42. The number of methoxy groups -OCH3 is 1. The Labute approximate surface area is 197 Å². The molecule has 9 heteroatoms. The van der Waals surface area contributed by atoms with Gasteiger partial charge in [0.2, 0.25) is 15.9 Å². The van der Waals surface area contributed by atoms with Crippen LogP contribution in [0.25, 0.3) is 21.7 Å². The third-order valence-corrected chi connectivity index (χ3v) is 7.75. The number of anilines is 1. The molecule has 4 aromatic rings. The molecule has 1 fully saturated rings. The summed E-state index contributed by atoms with van der Waals surface area (Å²) in [5.41, 5.74) is 5.98. The molecule has 4 N–H and O–H groups in total. The van der Waals surface area contributed by atoms with E-state index in [4.69, 9.17) is 10.5 Å². The summed E-state index contributed by atoms with van der Waals surface area (Å²) < 4.78 is 34.8. The van der Waals surface area contributed by atoms with E-state index in [0.717, 1.165) is 21.7 Å². The largest absolute Gasteiger partial charge is 0.497 e. The van der Waals surface area contributed by atoms with Gasteiger partial charge in [-0.2, -0.15) is 4.72 Å². The molecule has 5 rings (SSSR count). The van der Waals surface area contributed by atoms with E-state index in [1.54, 1.807) is 37.4 Å². The van der Waals surface area contributed by atoms with E-state index in [1.807, 2.05) is 36.4 Å². The lowest BCUT2D eigenvalue weighted by Crippen LogP contribution is -2.55. The Morgan fingerprint density at radius 1 is 1.03 bits per heavy atom. The smallest absolute Gasteiger partial charge is 0.241 e. The number of carbonyl (C=O) groups excluding carboxylic acids is 1. The lowest BCUT2D eigenvalue weighted by atomic mass is 9.90. The average molecular weight is 477 g/mol. The van der Waals surface area contributed by atoms with Crippen molar-refractivity contribution >= 4 is 43.4 Å². The van der Waals surface area contributed by atoms with Gasteiger partial charge in [0.15, 0.2) is 0 Å². The predicted molar refractivity (Wildman–Crippen MR) is 131 cm³/mol. The first-order valence-electron chi connectivity index (χ1n) is 10.8. The van der Waals surface area contributed by atoms with Crippen molar-refractivity contribution in [1.29, 1.82) is 0 Å². The molecule has 2 heterocycles.